The van der Waals surface area contributed by atoms with Gasteiger partial charge in [-0.15, -0.1) is 11.3 Å². The van der Waals surface area contributed by atoms with E-state index in [0.29, 0.717) is 6.54 Å². The predicted molar refractivity (Wildman–Crippen MR) is 74.8 cm³/mol. The maximum atomic E-state index is 5.78. The van der Waals surface area contributed by atoms with Gasteiger partial charge in [-0.2, -0.15) is 0 Å². The SMILES string of the molecule is Cc1ccc(-c2csc(Br)c2CN)cc1C. The Balaban J connectivity index is 2.54. The number of aryl methyl sites for hydroxylation is 2. The smallest absolute Gasteiger partial charge is 0.0749 e. The molecule has 1 nitrogen and oxygen atoms in total. The Morgan fingerprint density at radius 2 is 2.00 bits per heavy atom. The van der Waals surface area contributed by atoms with Crippen LogP contribution in [0, 0.1) is 13.8 Å². The van der Waals surface area contributed by atoms with E-state index in [1.54, 1.807) is 11.3 Å². The molecule has 1 heterocycles. The summed E-state index contributed by atoms with van der Waals surface area (Å²) in [6.45, 7) is 4.85. The van der Waals surface area contributed by atoms with Crippen molar-refractivity contribution < 1.29 is 0 Å². The van der Waals surface area contributed by atoms with E-state index in [4.69, 9.17) is 5.73 Å². The molecule has 2 rings (SSSR count). The molecule has 0 aliphatic heterocycles. The molecule has 84 valence electrons. The van der Waals surface area contributed by atoms with Crippen LogP contribution in [-0.2, 0) is 6.54 Å². The molecule has 0 aliphatic rings. The Bertz CT molecular complexity index is 517. The molecule has 0 atom stereocenters. The van der Waals surface area contributed by atoms with Crippen LogP contribution in [0.4, 0.5) is 0 Å². The zero-order chi connectivity index (χ0) is 11.7. The number of halogens is 1. The van der Waals surface area contributed by atoms with E-state index in [0.717, 1.165) is 3.79 Å². The topological polar surface area (TPSA) is 26.0 Å². The number of thiophene rings is 1. The molecular weight excluding hydrogens is 282 g/mol. The highest BCUT2D eigenvalue weighted by Gasteiger charge is 2.10. The highest BCUT2D eigenvalue weighted by molar-refractivity contribution is 9.11. The first-order valence-electron chi connectivity index (χ1n) is 5.17. The molecular formula is C13H14BrNS. The lowest BCUT2D eigenvalue weighted by molar-refractivity contribution is 1.08. The molecule has 0 saturated carbocycles. The Morgan fingerprint density at radius 1 is 1.25 bits per heavy atom. The summed E-state index contributed by atoms with van der Waals surface area (Å²) >= 11 is 5.24. The fourth-order valence-electron chi connectivity index (χ4n) is 1.70. The summed E-state index contributed by atoms with van der Waals surface area (Å²) in [6.07, 6.45) is 0. The largest absolute Gasteiger partial charge is 0.326 e. The number of hydrogen-bond acceptors (Lipinski definition) is 2. The minimum Gasteiger partial charge on any atom is -0.326 e. The molecule has 3 heteroatoms. The van der Waals surface area contributed by atoms with Crippen LogP contribution in [-0.4, -0.2) is 0 Å². The van der Waals surface area contributed by atoms with Gasteiger partial charge in [-0.3, -0.25) is 0 Å². The lowest BCUT2D eigenvalue weighted by Gasteiger charge is -2.06. The highest BCUT2D eigenvalue weighted by atomic mass is 79.9. The van der Waals surface area contributed by atoms with E-state index in [9.17, 15) is 0 Å². The van der Waals surface area contributed by atoms with E-state index in [-0.39, 0.29) is 0 Å². The van der Waals surface area contributed by atoms with Crippen LogP contribution in [0.3, 0.4) is 0 Å². The molecule has 0 spiro atoms. The lowest BCUT2D eigenvalue weighted by Crippen LogP contribution is -1.97. The Morgan fingerprint density at radius 3 is 2.62 bits per heavy atom. The predicted octanol–water partition coefficient (Wildman–Crippen LogP) is 4.25. The van der Waals surface area contributed by atoms with Gasteiger partial charge in [0.15, 0.2) is 0 Å². The Labute approximate surface area is 108 Å². The lowest BCUT2D eigenvalue weighted by atomic mass is 10.00. The van der Waals surface area contributed by atoms with Gasteiger partial charge in [0, 0.05) is 11.9 Å². The van der Waals surface area contributed by atoms with Gasteiger partial charge >= 0.3 is 0 Å². The number of rotatable bonds is 2. The second kappa shape index (κ2) is 4.70. The molecule has 2 N–H and O–H groups in total. The van der Waals surface area contributed by atoms with Crippen molar-refractivity contribution >= 4 is 27.3 Å². The van der Waals surface area contributed by atoms with Gasteiger partial charge in [0.05, 0.1) is 3.79 Å². The van der Waals surface area contributed by atoms with Crippen molar-refractivity contribution in [3.8, 4) is 11.1 Å². The second-order valence-electron chi connectivity index (χ2n) is 3.90. The summed E-state index contributed by atoms with van der Waals surface area (Å²) in [5.41, 5.74) is 12.1. The molecule has 0 amide bonds. The minimum atomic E-state index is 0.576. The van der Waals surface area contributed by atoms with Crippen molar-refractivity contribution in [3.63, 3.8) is 0 Å². The zero-order valence-electron chi connectivity index (χ0n) is 9.38. The molecule has 2 aromatic rings. The third kappa shape index (κ3) is 2.08. The van der Waals surface area contributed by atoms with Crippen molar-refractivity contribution in [2.75, 3.05) is 0 Å². The van der Waals surface area contributed by atoms with Gasteiger partial charge in [0.2, 0.25) is 0 Å². The van der Waals surface area contributed by atoms with Crippen LogP contribution in [0.2, 0.25) is 0 Å². The summed E-state index contributed by atoms with van der Waals surface area (Å²) in [5.74, 6) is 0. The van der Waals surface area contributed by atoms with E-state index in [1.165, 1.54) is 27.8 Å². The number of hydrogen-bond donors (Lipinski definition) is 1. The fraction of sp³-hybridized carbons (Fsp3) is 0.231. The van der Waals surface area contributed by atoms with E-state index in [2.05, 4.69) is 53.4 Å². The second-order valence-corrected chi connectivity index (χ2v) is 6.10. The number of nitrogens with two attached hydrogens (primary N) is 1. The van der Waals surface area contributed by atoms with Crippen molar-refractivity contribution in [2.24, 2.45) is 5.73 Å². The molecule has 1 aromatic heterocycles. The molecule has 16 heavy (non-hydrogen) atoms. The van der Waals surface area contributed by atoms with E-state index in [1.807, 2.05) is 0 Å². The van der Waals surface area contributed by atoms with E-state index < -0.39 is 0 Å². The molecule has 1 aromatic carbocycles. The molecule has 0 fully saturated rings. The average Bonchev–Trinajstić information content (AvgIpc) is 2.63. The maximum absolute atomic E-state index is 5.78. The van der Waals surface area contributed by atoms with Crippen LogP contribution in [0.15, 0.2) is 27.4 Å². The van der Waals surface area contributed by atoms with E-state index >= 15 is 0 Å². The van der Waals surface area contributed by atoms with Crippen LogP contribution in [0.1, 0.15) is 16.7 Å². The van der Waals surface area contributed by atoms with Crippen molar-refractivity contribution in [1.29, 1.82) is 0 Å². The molecule has 0 radical (unpaired) electrons. The summed E-state index contributed by atoms with van der Waals surface area (Å²) in [4.78, 5) is 0. The highest BCUT2D eigenvalue weighted by Crippen LogP contribution is 2.35. The van der Waals surface area contributed by atoms with Crippen LogP contribution in [0.25, 0.3) is 11.1 Å². The first-order chi connectivity index (χ1) is 7.63. The van der Waals surface area contributed by atoms with Crippen LogP contribution < -0.4 is 5.73 Å². The van der Waals surface area contributed by atoms with Gasteiger partial charge in [0.1, 0.15) is 0 Å². The van der Waals surface area contributed by atoms with Gasteiger partial charge < -0.3 is 5.73 Å². The molecule has 0 saturated heterocycles. The van der Waals surface area contributed by atoms with Gasteiger partial charge in [-0.05, 0) is 57.6 Å². The fourth-order valence-corrected chi connectivity index (χ4v) is 3.19. The third-order valence-corrected chi connectivity index (χ3v) is 4.71. The standard InChI is InChI=1S/C13H14BrNS/c1-8-3-4-10(5-9(8)2)12-7-16-13(14)11(12)6-15/h3-5,7H,6,15H2,1-2H3. The average molecular weight is 296 g/mol. The molecule has 0 aliphatic carbocycles. The Hall–Kier alpha value is -0.640. The first-order valence-corrected chi connectivity index (χ1v) is 6.84. The number of benzene rings is 1. The summed E-state index contributed by atoms with van der Waals surface area (Å²) in [5, 5.41) is 2.16. The van der Waals surface area contributed by atoms with Gasteiger partial charge in [0.25, 0.3) is 0 Å². The first kappa shape index (κ1) is 11.8. The van der Waals surface area contributed by atoms with Crippen molar-refractivity contribution in [3.05, 3.63) is 44.1 Å². The molecule has 0 bridgehead atoms. The summed E-state index contributed by atoms with van der Waals surface area (Å²) in [6, 6.07) is 6.55. The zero-order valence-corrected chi connectivity index (χ0v) is 11.8. The quantitative estimate of drug-likeness (QED) is 0.880. The monoisotopic (exact) mass is 295 g/mol. The minimum absolute atomic E-state index is 0.576. The van der Waals surface area contributed by atoms with Crippen molar-refractivity contribution in [2.45, 2.75) is 20.4 Å². The van der Waals surface area contributed by atoms with Gasteiger partial charge in [-0.25, -0.2) is 0 Å². The summed E-state index contributed by atoms with van der Waals surface area (Å²) in [7, 11) is 0. The van der Waals surface area contributed by atoms with Crippen LogP contribution in [0.5, 0.6) is 0 Å². The summed E-state index contributed by atoms with van der Waals surface area (Å²) < 4.78 is 1.14. The van der Waals surface area contributed by atoms with Crippen molar-refractivity contribution in [1.82, 2.24) is 0 Å². The Kier molecular flexibility index (Phi) is 3.47. The van der Waals surface area contributed by atoms with Gasteiger partial charge in [-0.1, -0.05) is 18.2 Å². The molecule has 0 unspecified atom stereocenters. The maximum Gasteiger partial charge on any atom is 0.0749 e. The van der Waals surface area contributed by atoms with Crippen LogP contribution >= 0.6 is 27.3 Å². The normalized spacial score (nSPS) is 10.8. The third-order valence-electron chi connectivity index (χ3n) is 2.86.